The Bertz CT molecular complexity index is 595. The molecule has 2 heterocycles. The minimum atomic E-state index is 0.109. The lowest BCUT2D eigenvalue weighted by Crippen LogP contribution is -2.11. The Kier molecular flexibility index (Phi) is 5.06. The van der Waals surface area contributed by atoms with E-state index in [1.165, 1.54) is 5.01 Å². The fourth-order valence-corrected chi connectivity index (χ4v) is 3.91. The van der Waals surface area contributed by atoms with Gasteiger partial charge in [0.15, 0.2) is 5.16 Å². The van der Waals surface area contributed by atoms with Gasteiger partial charge in [0.05, 0.1) is 17.2 Å². The maximum absolute atomic E-state index is 5.72. The molecule has 2 aromatic heterocycles. The second kappa shape index (κ2) is 6.46. The van der Waals surface area contributed by atoms with Crippen LogP contribution in [-0.4, -0.2) is 19.7 Å². The number of aromatic nitrogens is 4. The Morgan fingerprint density at radius 2 is 2.05 bits per heavy atom. The summed E-state index contributed by atoms with van der Waals surface area (Å²) in [7, 11) is 0. The fourth-order valence-electron chi connectivity index (χ4n) is 1.92. The van der Waals surface area contributed by atoms with Crippen molar-refractivity contribution in [3.63, 3.8) is 0 Å². The van der Waals surface area contributed by atoms with Crippen LogP contribution in [0.3, 0.4) is 0 Å². The van der Waals surface area contributed by atoms with Crippen LogP contribution in [-0.2, 0) is 17.7 Å². The molecule has 2 N–H and O–H groups in total. The zero-order valence-electron chi connectivity index (χ0n) is 13.3. The molecule has 2 aromatic rings. The van der Waals surface area contributed by atoms with Gasteiger partial charge in [0.1, 0.15) is 5.82 Å². The summed E-state index contributed by atoms with van der Waals surface area (Å²) in [5.41, 5.74) is 6.93. The molecule has 0 aromatic carbocycles. The molecule has 0 saturated heterocycles. The summed E-state index contributed by atoms with van der Waals surface area (Å²) in [5.74, 6) is 1.64. The van der Waals surface area contributed by atoms with Crippen LogP contribution >= 0.6 is 23.1 Å². The number of rotatable bonds is 5. The van der Waals surface area contributed by atoms with Crippen LogP contribution in [0.15, 0.2) is 10.5 Å². The third kappa shape index (κ3) is 3.84. The molecule has 0 radical (unpaired) electrons. The second-order valence-electron chi connectivity index (χ2n) is 6.25. The topological polar surface area (TPSA) is 69.6 Å². The Morgan fingerprint density at radius 1 is 1.33 bits per heavy atom. The highest BCUT2D eigenvalue weighted by Crippen LogP contribution is 2.29. The van der Waals surface area contributed by atoms with E-state index in [1.54, 1.807) is 23.1 Å². The summed E-state index contributed by atoms with van der Waals surface area (Å²) in [6.07, 6.45) is 0. The van der Waals surface area contributed by atoms with Gasteiger partial charge < -0.3 is 10.3 Å². The smallest absolute Gasteiger partial charge is 0.191 e. The zero-order chi connectivity index (χ0) is 15.6. The van der Waals surface area contributed by atoms with Gasteiger partial charge in [0.25, 0.3) is 0 Å². The van der Waals surface area contributed by atoms with Crippen molar-refractivity contribution in [1.82, 2.24) is 19.7 Å². The lowest BCUT2D eigenvalue weighted by atomic mass is 9.98. The molecule has 0 atom stereocenters. The molecular formula is C14H23N5S2. The molecule has 0 spiro atoms. The summed E-state index contributed by atoms with van der Waals surface area (Å²) in [6, 6.07) is 0.307. The van der Waals surface area contributed by atoms with Gasteiger partial charge in [0.2, 0.25) is 0 Å². The van der Waals surface area contributed by atoms with E-state index in [4.69, 9.17) is 10.7 Å². The van der Waals surface area contributed by atoms with Crippen LogP contribution in [0.1, 0.15) is 57.2 Å². The van der Waals surface area contributed by atoms with Crippen molar-refractivity contribution < 1.29 is 0 Å². The van der Waals surface area contributed by atoms with Crippen molar-refractivity contribution in [2.75, 3.05) is 0 Å². The lowest BCUT2D eigenvalue weighted by Gasteiger charge is -2.13. The first-order valence-electron chi connectivity index (χ1n) is 7.04. The quantitative estimate of drug-likeness (QED) is 0.854. The Hall–Kier alpha value is -0.920. The van der Waals surface area contributed by atoms with Crippen molar-refractivity contribution in [1.29, 1.82) is 0 Å². The van der Waals surface area contributed by atoms with Crippen LogP contribution in [0.2, 0.25) is 0 Å². The molecule has 0 fully saturated rings. The fraction of sp³-hybridized carbons (Fsp3) is 0.643. The van der Waals surface area contributed by atoms with Crippen molar-refractivity contribution in [3.05, 3.63) is 21.9 Å². The Balaban J connectivity index is 2.10. The van der Waals surface area contributed by atoms with E-state index >= 15 is 0 Å². The van der Waals surface area contributed by atoms with E-state index in [2.05, 4.69) is 54.8 Å². The van der Waals surface area contributed by atoms with Gasteiger partial charge in [-0.05, 0) is 13.8 Å². The van der Waals surface area contributed by atoms with Gasteiger partial charge in [-0.25, -0.2) is 4.98 Å². The average molecular weight is 326 g/mol. The van der Waals surface area contributed by atoms with Gasteiger partial charge in [-0.3, -0.25) is 0 Å². The number of thiazole rings is 1. The Labute approximate surface area is 134 Å². The number of hydrogen-bond acceptors (Lipinski definition) is 6. The van der Waals surface area contributed by atoms with Crippen molar-refractivity contribution >= 4 is 23.1 Å². The van der Waals surface area contributed by atoms with E-state index in [-0.39, 0.29) is 5.41 Å². The number of nitrogens with two attached hydrogens (primary N) is 1. The summed E-state index contributed by atoms with van der Waals surface area (Å²) in [5, 5.41) is 12.6. The molecule has 7 heteroatoms. The van der Waals surface area contributed by atoms with Crippen molar-refractivity contribution in [2.24, 2.45) is 5.73 Å². The standard InChI is InChI=1S/C14H23N5S2/c1-9(2)19-11(6-15)17-18-13(19)21-8-10-7-20-12(16-10)14(3,4)5/h7,9H,6,8,15H2,1-5H3. The molecule has 0 aliphatic carbocycles. The normalized spacial score (nSPS) is 12.3. The average Bonchev–Trinajstić information content (AvgIpc) is 3.02. The molecule has 0 bridgehead atoms. The van der Waals surface area contributed by atoms with Gasteiger partial charge in [-0.15, -0.1) is 21.5 Å². The second-order valence-corrected chi connectivity index (χ2v) is 8.05. The van der Waals surface area contributed by atoms with Gasteiger partial charge in [0, 0.05) is 22.6 Å². The predicted molar refractivity (Wildman–Crippen MR) is 88.7 cm³/mol. The van der Waals surface area contributed by atoms with Crippen molar-refractivity contribution in [3.8, 4) is 0 Å². The molecule has 0 saturated carbocycles. The zero-order valence-corrected chi connectivity index (χ0v) is 14.9. The molecule has 21 heavy (non-hydrogen) atoms. The van der Waals surface area contributed by atoms with Crippen LogP contribution in [0.5, 0.6) is 0 Å². The van der Waals surface area contributed by atoms with Gasteiger partial charge >= 0.3 is 0 Å². The van der Waals surface area contributed by atoms with Gasteiger partial charge in [-0.2, -0.15) is 0 Å². The minimum absolute atomic E-state index is 0.109. The summed E-state index contributed by atoms with van der Waals surface area (Å²) >= 11 is 3.39. The van der Waals surface area contributed by atoms with E-state index < -0.39 is 0 Å². The highest BCUT2D eigenvalue weighted by molar-refractivity contribution is 7.98. The molecular weight excluding hydrogens is 302 g/mol. The molecule has 2 rings (SSSR count). The number of thioether (sulfide) groups is 1. The highest BCUT2D eigenvalue weighted by atomic mass is 32.2. The van der Waals surface area contributed by atoms with E-state index in [0.29, 0.717) is 12.6 Å². The first kappa shape index (κ1) is 16.5. The first-order valence-corrected chi connectivity index (χ1v) is 8.91. The van der Waals surface area contributed by atoms with E-state index in [1.807, 2.05) is 0 Å². The third-order valence-corrected chi connectivity index (χ3v) is 5.27. The third-order valence-electron chi connectivity index (χ3n) is 2.98. The summed E-state index contributed by atoms with van der Waals surface area (Å²) < 4.78 is 2.10. The minimum Gasteiger partial charge on any atom is -0.324 e. The SMILES string of the molecule is CC(C)n1c(CN)nnc1SCc1csc(C(C)(C)C)n1. The van der Waals surface area contributed by atoms with Crippen LogP contribution in [0, 0.1) is 0 Å². The molecule has 0 amide bonds. The molecule has 0 aliphatic rings. The largest absolute Gasteiger partial charge is 0.324 e. The molecule has 116 valence electrons. The molecule has 0 unspecified atom stereocenters. The first-order chi connectivity index (χ1) is 9.82. The molecule has 5 nitrogen and oxygen atoms in total. The number of nitrogens with zero attached hydrogens (tertiary/aromatic N) is 4. The maximum atomic E-state index is 5.72. The van der Waals surface area contributed by atoms with E-state index in [0.717, 1.165) is 22.4 Å². The van der Waals surface area contributed by atoms with E-state index in [9.17, 15) is 0 Å². The monoisotopic (exact) mass is 325 g/mol. The summed E-state index contributed by atoms with van der Waals surface area (Å²) in [4.78, 5) is 4.71. The van der Waals surface area contributed by atoms with Crippen LogP contribution < -0.4 is 5.73 Å². The van der Waals surface area contributed by atoms with Crippen molar-refractivity contribution in [2.45, 2.75) is 63.5 Å². The highest BCUT2D eigenvalue weighted by Gasteiger charge is 2.19. The lowest BCUT2D eigenvalue weighted by molar-refractivity contribution is 0.526. The van der Waals surface area contributed by atoms with Gasteiger partial charge in [-0.1, -0.05) is 32.5 Å². The molecule has 0 aliphatic heterocycles. The summed E-state index contributed by atoms with van der Waals surface area (Å²) in [6.45, 7) is 11.2. The Morgan fingerprint density at radius 3 is 2.57 bits per heavy atom. The maximum Gasteiger partial charge on any atom is 0.191 e. The number of hydrogen-bond donors (Lipinski definition) is 1. The van der Waals surface area contributed by atoms with Crippen LogP contribution in [0.4, 0.5) is 0 Å². The van der Waals surface area contributed by atoms with Crippen LogP contribution in [0.25, 0.3) is 0 Å². The predicted octanol–water partition coefficient (Wildman–Crippen LogP) is 3.36.